The fourth-order valence-electron chi connectivity index (χ4n) is 0.699. The molecule has 0 fully saturated rings. The van der Waals surface area contributed by atoms with Crippen LogP contribution in [0.15, 0.2) is 29.3 Å². The molecule has 0 aliphatic rings. The Morgan fingerprint density at radius 2 is 1.92 bits per heavy atom. The first-order valence-electron chi connectivity index (χ1n) is 3.32. The molecule has 1 aromatic carbocycles. The van der Waals surface area contributed by atoms with Gasteiger partial charge in [0, 0.05) is 0 Å². The number of hydrogen-bond donors (Lipinski definition) is 4. The van der Waals surface area contributed by atoms with Gasteiger partial charge in [-0.05, 0) is 24.3 Å². The maximum Gasteiger partial charge on any atom is 0.208 e. The van der Waals surface area contributed by atoms with Crippen molar-refractivity contribution in [2.75, 3.05) is 0 Å². The summed E-state index contributed by atoms with van der Waals surface area (Å²) in [5, 5.41) is 8.93. The van der Waals surface area contributed by atoms with Crippen LogP contribution in [0, 0.1) is 0 Å². The van der Waals surface area contributed by atoms with Crippen LogP contribution in [0.2, 0.25) is 0 Å². The number of hydrazine groups is 1. The van der Waals surface area contributed by atoms with Crippen LogP contribution in [0.25, 0.3) is 0 Å². The molecule has 0 unspecified atom stereocenters. The Kier molecular flexibility index (Phi) is 2.49. The number of benzene rings is 1. The van der Waals surface area contributed by atoms with Gasteiger partial charge >= 0.3 is 0 Å². The lowest BCUT2D eigenvalue weighted by atomic mass is 10.3. The Morgan fingerprint density at radius 3 is 2.42 bits per heavy atom. The molecule has 12 heavy (non-hydrogen) atoms. The van der Waals surface area contributed by atoms with E-state index >= 15 is 0 Å². The van der Waals surface area contributed by atoms with Crippen molar-refractivity contribution in [1.29, 1.82) is 0 Å². The number of phenolic OH excluding ortho intramolecular Hbond substituents is 1. The zero-order valence-electron chi connectivity index (χ0n) is 6.36. The van der Waals surface area contributed by atoms with Crippen molar-refractivity contribution in [1.82, 2.24) is 5.43 Å². The largest absolute Gasteiger partial charge is 0.508 e. The van der Waals surface area contributed by atoms with E-state index in [2.05, 4.69) is 10.4 Å². The maximum atomic E-state index is 8.93. The minimum Gasteiger partial charge on any atom is -0.508 e. The first-order valence-corrected chi connectivity index (χ1v) is 3.32. The summed E-state index contributed by atoms with van der Waals surface area (Å²) in [4.78, 5) is 3.87. The van der Waals surface area contributed by atoms with Crippen molar-refractivity contribution < 1.29 is 5.11 Å². The third kappa shape index (κ3) is 2.14. The van der Waals surface area contributed by atoms with E-state index in [1.165, 1.54) is 12.1 Å². The van der Waals surface area contributed by atoms with Gasteiger partial charge in [-0.15, -0.1) is 0 Å². The molecule has 6 N–H and O–H groups in total. The molecule has 0 radical (unpaired) electrons. The number of rotatable bonds is 1. The topological polar surface area (TPSA) is 96.7 Å². The van der Waals surface area contributed by atoms with E-state index in [0.29, 0.717) is 5.69 Å². The molecular weight excluding hydrogens is 156 g/mol. The van der Waals surface area contributed by atoms with Crippen LogP contribution in [0.3, 0.4) is 0 Å². The van der Waals surface area contributed by atoms with Crippen LogP contribution in [-0.4, -0.2) is 11.1 Å². The quantitative estimate of drug-likeness (QED) is 0.201. The van der Waals surface area contributed by atoms with E-state index in [-0.39, 0.29) is 11.7 Å². The van der Waals surface area contributed by atoms with Crippen molar-refractivity contribution in [3.05, 3.63) is 24.3 Å². The highest BCUT2D eigenvalue weighted by atomic mass is 16.3. The minimum absolute atomic E-state index is 0.126. The van der Waals surface area contributed by atoms with Gasteiger partial charge in [0.05, 0.1) is 5.69 Å². The number of phenols is 1. The monoisotopic (exact) mass is 166 g/mol. The molecule has 0 spiro atoms. The minimum atomic E-state index is 0.126. The number of nitrogens with one attached hydrogen (secondary N) is 1. The summed E-state index contributed by atoms with van der Waals surface area (Å²) in [7, 11) is 0. The average Bonchev–Trinajstić information content (AvgIpc) is 2.09. The predicted octanol–water partition coefficient (Wildman–Crippen LogP) is -0.198. The predicted molar refractivity (Wildman–Crippen MR) is 46.7 cm³/mol. The first-order chi connectivity index (χ1) is 5.72. The van der Waals surface area contributed by atoms with E-state index in [0.717, 1.165) is 0 Å². The highest BCUT2D eigenvalue weighted by Gasteiger charge is 1.90. The normalized spacial score (nSPS) is 11.2. The van der Waals surface area contributed by atoms with E-state index in [9.17, 15) is 0 Å². The number of aromatic hydroxyl groups is 1. The van der Waals surface area contributed by atoms with Crippen LogP contribution in [0.5, 0.6) is 5.75 Å². The molecule has 0 atom stereocenters. The zero-order chi connectivity index (χ0) is 8.97. The maximum absolute atomic E-state index is 8.93. The Balaban J connectivity index is 2.84. The second kappa shape index (κ2) is 3.59. The van der Waals surface area contributed by atoms with Crippen LogP contribution in [-0.2, 0) is 0 Å². The molecule has 0 saturated heterocycles. The smallest absolute Gasteiger partial charge is 0.208 e. The lowest BCUT2D eigenvalue weighted by Gasteiger charge is -1.97. The van der Waals surface area contributed by atoms with Gasteiger partial charge in [-0.1, -0.05) is 0 Å². The lowest BCUT2D eigenvalue weighted by Crippen LogP contribution is -2.36. The van der Waals surface area contributed by atoms with Gasteiger partial charge in [-0.3, -0.25) is 5.43 Å². The summed E-state index contributed by atoms with van der Waals surface area (Å²) < 4.78 is 0. The van der Waals surface area contributed by atoms with Crippen molar-refractivity contribution >= 4 is 11.6 Å². The zero-order valence-corrected chi connectivity index (χ0v) is 6.36. The Hall–Kier alpha value is -1.75. The number of nitrogens with two attached hydrogens (primary N) is 2. The Labute approximate surface area is 69.7 Å². The van der Waals surface area contributed by atoms with Crippen LogP contribution in [0.1, 0.15) is 0 Å². The van der Waals surface area contributed by atoms with E-state index < -0.39 is 0 Å². The van der Waals surface area contributed by atoms with E-state index in [4.69, 9.17) is 16.7 Å². The molecule has 0 saturated carbocycles. The van der Waals surface area contributed by atoms with Gasteiger partial charge < -0.3 is 10.8 Å². The molecule has 64 valence electrons. The van der Waals surface area contributed by atoms with Crippen LogP contribution in [0.4, 0.5) is 5.69 Å². The van der Waals surface area contributed by atoms with Gasteiger partial charge in [0.2, 0.25) is 5.96 Å². The fraction of sp³-hybridized carbons (Fsp3) is 0. The Morgan fingerprint density at radius 1 is 1.33 bits per heavy atom. The second-order valence-corrected chi connectivity index (χ2v) is 2.16. The van der Waals surface area contributed by atoms with Crippen LogP contribution >= 0.6 is 0 Å². The highest BCUT2D eigenvalue weighted by Crippen LogP contribution is 2.15. The van der Waals surface area contributed by atoms with Crippen LogP contribution < -0.4 is 17.0 Å². The highest BCUT2D eigenvalue weighted by molar-refractivity contribution is 5.80. The van der Waals surface area contributed by atoms with Gasteiger partial charge in [-0.2, -0.15) is 0 Å². The van der Waals surface area contributed by atoms with Crippen molar-refractivity contribution in [3.63, 3.8) is 0 Å². The third-order valence-corrected chi connectivity index (χ3v) is 1.25. The van der Waals surface area contributed by atoms with E-state index in [1.807, 2.05) is 0 Å². The molecule has 0 bridgehead atoms. The van der Waals surface area contributed by atoms with Crippen molar-refractivity contribution in [3.8, 4) is 5.75 Å². The molecule has 1 rings (SSSR count). The average molecular weight is 166 g/mol. The first kappa shape index (κ1) is 8.35. The standard InChI is InChI=1S/C7H10N4O/c8-7(11-9)10-5-1-3-6(12)4-2-5/h1-4,12H,9H2,(H3,8,10,11). The lowest BCUT2D eigenvalue weighted by molar-refractivity contribution is 0.475. The summed E-state index contributed by atoms with van der Waals surface area (Å²) in [6, 6.07) is 6.28. The molecule has 0 aliphatic carbocycles. The van der Waals surface area contributed by atoms with E-state index in [1.54, 1.807) is 12.1 Å². The summed E-state index contributed by atoms with van der Waals surface area (Å²) in [6.07, 6.45) is 0. The van der Waals surface area contributed by atoms with Gasteiger partial charge in [0.1, 0.15) is 5.75 Å². The molecule has 0 heterocycles. The Bertz CT molecular complexity index is 280. The molecule has 1 aromatic rings. The van der Waals surface area contributed by atoms with Gasteiger partial charge in [0.15, 0.2) is 0 Å². The fourth-order valence-corrected chi connectivity index (χ4v) is 0.699. The molecule has 5 nitrogen and oxygen atoms in total. The summed E-state index contributed by atoms with van der Waals surface area (Å²) >= 11 is 0. The van der Waals surface area contributed by atoms with Gasteiger partial charge in [0.25, 0.3) is 0 Å². The summed E-state index contributed by atoms with van der Waals surface area (Å²) in [5.74, 6) is 5.31. The molecule has 0 aromatic heterocycles. The SMILES string of the molecule is NNC(N)=Nc1ccc(O)cc1. The molecular formula is C7H10N4O. The molecule has 0 aliphatic heterocycles. The van der Waals surface area contributed by atoms with Crippen molar-refractivity contribution in [2.24, 2.45) is 16.6 Å². The number of aliphatic imine (C=N–C) groups is 1. The molecule has 0 amide bonds. The van der Waals surface area contributed by atoms with Gasteiger partial charge in [-0.25, -0.2) is 10.8 Å². The second-order valence-electron chi connectivity index (χ2n) is 2.16. The van der Waals surface area contributed by atoms with Crippen molar-refractivity contribution in [2.45, 2.75) is 0 Å². The summed E-state index contributed by atoms with van der Waals surface area (Å²) in [6.45, 7) is 0. The number of hydrogen-bond acceptors (Lipinski definition) is 3. The third-order valence-electron chi connectivity index (χ3n) is 1.25. The number of guanidine groups is 1. The number of nitrogens with zero attached hydrogens (tertiary/aromatic N) is 1. The summed E-state index contributed by atoms with van der Waals surface area (Å²) in [5.41, 5.74) is 8.12. The molecule has 5 heteroatoms.